The number of hydrogen-bond acceptors (Lipinski definition) is 3. The van der Waals surface area contributed by atoms with Crippen LogP contribution in [0.25, 0.3) is 5.69 Å². The van der Waals surface area contributed by atoms with Gasteiger partial charge in [-0.15, -0.1) is 0 Å². The van der Waals surface area contributed by atoms with Gasteiger partial charge in [-0.3, -0.25) is 19.0 Å². The molecule has 0 bridgehead atoms. The fourth-order valence-electron chi connectivity index (χ4n) is 3.50. The summed E-state index contributed by atoms with van der Waals surface area (Å²) in [6.45, 7) is 8.23. The van der Waals surface area contributed by atoms with Crippen molar-refractivity contribution in [3.8, 4) is 5.69 Å². The predicted molar refractivity (Wildman–Crippen MR) is 101 cm³/mol. The number of fused-ring (bicyclic) bond motifs is 1. The Kier molecular flexibility index (Phi) is 4.57. The largest absolute Gasteiger partial charge is 0.352 e. The summed E-state index contributed by atoms with van der Waals surface area (Å²) in [5, 5.41) is 2.66. The highest BCUT2D eigenvalue weighted by molar-refractivity contribution is 6.02. The standard InChI is InChI=1S/C21H24N2O3/c1-5-22-19(25)16-10-15-17(11-21(3,4)12-18(15)24)23(20(16)26)14-8-6-13(2)7-9-14/h6-10H,5,11-12H2,1-4H3,(H,22,25). The topological polar surface area (TPSA) is 68.2 Å². The Morgan fingerprint density at radius 3 is 2.42 bits per heavy atom. The molecule has 1 aliphatic rings. The number of hydrogen-bond donors (Lipinski definition) is 1. The molecule has 0 atom stereocenters. The Morgan fingerprint density at radius 2 is 1.81 bits per heavy atom. The summed E-state index contributed by atoms with van der Waals surface area (Å²) in [4.78, 5) is 38.3. The van der Waals surface area contributed by atoms with Crippen LogP contribution in [0.3, 0.4) is 0 Å². The number of pyridine rings is 1. The van der Waals surface area contributed by atoms with Gasteiger partial charge in [0.15, 0.2) is 5.78 Å². The highest BCUT2D eigenvalue weighted by Crippen LogP contribution is 2.35. The van der Waals surface area contributed by atoms with Gasteiger partial charge in [0.05, 0.1) is 0 Å². The number of carbonyl (C=O) groups excluding carboxylic acids is 2. The van der Waals surface area contributed by atoms with Crippen molar-refractivity contribution < 1.29 is 9.59 Å². The lowest BCUT2D eigenvalue weighted by Crippen LogP contribution is -2.38. The van der Waals surface area contributed by atoms with E-state index in [0.717, 1.165) is 5.56 Å². The zero-order valence-electron chi connectivity index (χ0n) is 15.7. The second-order valence-electron chi connectivity index (χ2n) is 7.69. The zero-order valence-corrected chi connectivity index (χ0v) is 15.7. The Bertz CT molecular complexity index is 937. The first kappa shape index (κ1) is 18.1. The monoisotopic (exact) mass is 352 g/mol. The van der Waals surface area contributed by atoms with Crippen molar-refractivity contribution in [3.63, 3.8) is 0 Å². The van der Waals surface area contributed by atoms with E-state index in [-0.39, 0.29) is 22.3 Å². The number of aromatic nitrogens is 1. The average Bonchev–Trinajstić information content (AvgIpc) is 2.55. The Hall–Kier alpha value is -2.69. The maximum atomic E-state index is 13.2. The van der Waals surface area contributed by atoms with Crippen LogP contribution in [0.2, 0.25) is 0 Å². The minimum Gasteiger partial charge on any atom is -0.352 e. The first-order chi connectivity index (χ1) is 12.2. The van der Waals surface area contributed by atoms with E-state index >= 15 is 0 Å². The van der Waals surface area contributed by atoms with Gasteiger partial charge in [0, 0.05) is 29.9 Å². The highest BCUT2D eigenvalue weighted by atomic mass is 16.2. The van der Waals surface area contributed by atoms with Crippen molar-refractivity contribution >= 4 is 11.7 Å². The third-order valence-corrected chi connectivity index (χ3v) is 4.76. The number of aryl methyl sites for hydroxylation is 1. The molecule has 0 spiro atoms. The molecular formula is C21H24N2O3. The molecule has 136 valence electrons. The quantitative estimate of drug-likeness (QED) is 0.923. The van der Waals surface area contributed by atoms with Gasteiger partial charge < -0.3 is 5.32 Å². The maximum Gasteiger partial charge on any atom is 0.268 e. The Balaban J connectivity index is 2.32. The van der Waals surface area contributed by atoms with Crippen LogP contribution < -0.4 is 10.9 Å². The van der Waals surface area contributed by atoms with Crippen LogP contribution >= 0.6 is 0 Å². The lowest BCUT2D eigenvalue weighted by Gasteiger charge is -2.32. The summed E-state index contributed by atoms with van der Waals surface area (Å²) in [6.07, 6.45) is 1.01. The second-order valence-corrected chi connectivity index (χ2v) is 7.69. The fourth-order valence-corrected chi connectivity index (χ4v) is 3.50. The van der Waals surface area contributed by atoms with Crippen molar-refractivity contribution in [1.29, 1.82) is 0 Å². The number of ketones is 1. The molecule has 5 nitrogen and oxygen atoms in total. The lowest BCUT2D eigenvalue weighted by molar-refractivity contribution is 0.0908. The summed E-state index contributed by atoms with van der Waals surface area (Å²) in [5.41, 5.74) is 2.32. The Morgan fingerprint density at radius 1 is 1.15 bits per heavy atom. The molecule has 1 heterocycles. The molecule has 0 saturated carbocycles. The molecule has 1 N–H and O–H groups in total. The molecule has 5 heteroatoms. The van der Waals surface area contributed by atoms with Gasteiger partial charge in [-0.05, 0) is 43.9 Å². The van der Waals surface area contributed by atoms with E-state index in [1.165, 1.54) is 10.6 Å². The molecule has 1 aromatic heterocycles. The number of nitrogens with one attached hydrogen (secondary N) is 1. The number of Topliss-reactive ketones (excluding diaryl/α,β-unsaturated/α-hetero) is 1. The van der Waals surface area contributed by atoms with Crippen molar-refractivity contribution in [1.82, 2.24) is 9.88 Å². The lowest BCUT2D eigenvalue weighted by atomic mass is 9.75. The molecule has 0 fully saturated rings. The van der Waals surface area contributed by atoms with E-state index in [0.29, 0.717) is 36.3 Å². The maximum absolute atomic E-state index is 13.2. The number of rotatable bonds is 3. The average molecular weight is 352 g/mol. The summed E-state index contributed by atoms with van der Waals surface area (Å²) in [5.74, 6) is -0.471. The first-order valence-corrected chi connectivity index (χ1v) is 8.91. The van der Waals surface area contributed by atoms with Crippen LogP contribution in [-0.2, 0) is 6.42 Å². The van der Waals surface area contributed by atoms with Crippen LogP contribution in [0.4, 0.5) is 0 Å². The van der Waals surface area contributed by atoms with Crippen LogP contribution in [0.5, 0.6) is 0 Å². The van der Waals surface area contributed by atoms with Crippen molar-refractivity contribution in [2.45, 2.75) is 40.5 Å². The fraction of sp³-hybridized carbons (Fsp3) is 0.381. The summed E-state index contributed by atoms with van der Waals surface area (Å²) >= 11 is 0. The van der Waals surface area contributed by atoms with Gasteiger partial charge in [0.2, 0.25) is 0 Å². The highest BCUT2D eigenvalue weighted by Gasteiger charge is 2.34. The van der Waals surface area contributed by atoms with Gasteiger partial charge in [-0.2, -0.15) is 0 Å². The number of nitrogens with zero attached hydrogens (tertiary/aromatic N) is 1. The van der Waals surface area contributed by atoms with Crippen molar-refractivity contribution in [2.24, 2.45) is 5.41 Å². The zero-order chi connectivity index (χ0) is 19.1. The van der Waals surface area contributed by atoms with Crippen LogP contribution in [0.15, 0.2) is 35.1 Å². The van der Waals surface area contributed by atoms with E-state index in [1.54, 1.807) is 6.92 Å². The van der Waals surface area contributed by atoms with E-state index in [9.17, 15) is 14.4 Å². The molecule has 1 aromatic carbocycles. The van der Waals surface area contributed by atoms with Gasteiger partial charge in [-0.1, -0.05) is 31.5 Å². The molecule has 0 saturated heterocycles. The van der Waals surface area contributed by atoms with Crippen LogP contribution in [-0.4, -0.2) is 22.8 Å². The summed E-state index contributed by atoms with van der Waals surface area (Å²) in [6, 6.07) is 9.02. The summed E-state index contributed by atoms with van der Waals surface area (Å²) < 4.78 is 1.54. The minimum atomic E-state index is -0.446. The molecule has 2 aromatic rings. The summed E-state index contributed by atoms with van der Waals surface area (Å²) in [7, 11) is 0. The molecule has 3 rings (SSSR count). The second kappa shape index (κ2) is 6.56. The smallest absolute Gasteiger partial charge is 0.268 e. The molecule has 0 radical (unpaired) electrons. The number of amides is 1. The van der Waals surface area contributed by atoms with E-state index < -0.39 is 5.91 Å². The van der Waals surface area contributed by atoms with Gasteiger partial charge in [-0.25, -0.2) is 0 Å². The van der Waals surface area contributed by atoms with Gasteiger partial charge in [0.1, 0.15) is 5.56 Å². The van der Waals surface area contributed by atoms with Gasteiger partial charge >= 0.3 is 0 Å². The SMILES string of the molecule is CCNC(=O)c1cc2c(n(-c3ccc(C)cc3)c1=O)CC(C)(C)CC2=O. The number of benzene rings is 1. The molecule has 0 unspecified atom stereocenters. The van der Waals surface area contributed by atoms with Crippen molar-refractivity contribution in [2.75, 3.05) is 6.54 Å². The van der Waals surface area contributed by atoms with E-state index in [2.05, 4.69) is 5.32 Å². The van der Waals surface area contributed by atoms with Gasteiger partial charge in [0.25, 0.3) is 11.5 Å². The molecule has 26 heavy (non-hydrogen) atoms. The van der Waals surface area contributed by atoms with Crippen LogP contribution in [0, 0.1) is 12.3 Å². The number of carbonyl (C=O) groups is 2. The van der Waals surface area contributed by atoms with Crippen LogP contribution in [0.1, 0.15) is 59.2 Å². The Labute approximate surface area is 153 Å². The predicted octanol–water partition coefficient (Wildman–Crippen LogP) is 3.05. The molecule has 0 aliphatic heterocycles. The molecule has 1 amide bonds. The minimum absolute atomic E-state index is 0.0132. The molecular weight excluding hydrogens is 328 g/mol. The normalized spacial score (nSPS) is 15.5. The third-order valence-electron chi connectivity index (χ3n) is 4.76. The van der Waals surface area contributed by atoms with Crippen molar-refractivity contribution in [3.05, 3.63) is 63.1 Å². The first-order valence-electron chi connectivity index (χ1n) is 8.91. The molecule has 1 aliphatic carbocycles. The third kappa shape index (κ3) is 3.21. The van der Waals surface area contributed by atoms with E-state index in [1.807, 2.05) is 45.0 Å². The van der Waals surface area contributed by atoms with E-state index in [4.69, 9.17) is 0 Å².